The molecule has 0 bridgehead atoms. The number of hydrogen-bond donors (Lipinski definition) is 2. The van der Waals surface area contributed by atoms with Crippen molar-refractivity contribution in [1.29, 1.82) is 0 Å². The van der Waals surface area contributed by atoms with E-state index >= 15 is 4.39 Å². The van der Waals surface area contributed by atoms with E-state index in [4.69, 9.17) is 21.7 Å². The van der Waals surface area contributed by atoms with Crippen molar-refractivity contribution in [3.05, 3.63) is 53.8 Å². The Morgan fingerprint density at radius 3 is 2.40 bits per heavy atom. The number of ether oxygens (including phenoxy) is 2. The predicted octanol–water partition coefficient (Wildman–Crippen LogP) is 3.33. The van der Waals surface area contributed by atoms with Gasteiger partial charge in [-0.1, -0.05) is 26.1 Å². The Hall–Kier alpha value is -4.26. The van der Waals surface area contributed by atoms with E-state index < -0.39 is 30.6 Å². The van der Waals surface area contributed by atoms with Crippen molar-refractivity contribution < 1.29 is 33.0 Å². The van der Waals surface area contributed by atoms with E-state index in [2.05, 4.69) is 10.6 Å². The first-order chi connectivity index (χ1) is 20.2. The molecule has 2 aliphatic rings. The van der Waals surface area contributed by atoms with Crippen LogP contribution in [0.25, 0.3) is 0 Å². The summed E-state index contributed by atoms with van der Waals surface area (Å²) in [5, 5.41) is 5.75. The highest BCUT2D eigenvalue weighted by Gasteiger charge is 2.33. The van der Waals surface area contributed by atoms with Gasteiger partial charge in [-0.2, -0.15) is 0 Å². The third-order valence-electron chi connectivity index (χ3n) is 6.99. The van der Waals surface area contributed by atoms with Gasteiger partial charge in [-0.15, -0.1) is 0 Å². The van der Waals surface area contributed by atoms with Gasteiger partial charge in [0.2, 0.25) is 5.91 Å². The first kappa shape index (κ1) is 30.7. The summed E-state index contributed by atoms with van der Waals surface area (Å²) in [6, 6.07) is 10.8. The molecule has 0 spiro atoms. The lowest BCUT2D eigenvalue weighted by molar-refractivity contribution is -0.134. The third kappa shape index (κ3) is 7.72. The van der Waals surface area contributed by atoms with Crippen LogP contribution in [-0.2, 0) is 19.1 Å². The van der Waals surface area contributed by atoms with Gasteiger partial charge in [0, 0.05) is 38.3 Å². The molecule has 1 atom stereocenters. The van der Waals surface area contributed by atoms with Gasteiger partial charge in [-0.25, -0.2) is 14.0 Å². The molecule has 2 saturated heterocycles. The van der Waals surface area contributed by atoms with Gasteiger partial charge in [0.15, 0.2) is 6.61 Å². The number of benzene rings is 2. The molecule has 42 heavy (non-hydrogen) atoms. The maximum atomic E-state index is 15.1. The minimum Gasteiger partial charge on any atom is -0.452 e. The van der Waals surface area contributed by atoms with E-state index in [-0.39, 0.29) is 23.9 Å². The number of anilines is 3. The zero-order valence-corrected chi connectivity index (χ0v) is 24.4. The van der Waals surface area contributed by atoms with Crippen LogP contribution in [0.2, 0.25) is 0 Å². The van der Waals surface area contributed by atoms with E-state index in [1.54, 1.807) is 36.1 Å². The van der Waals surface area contributed by atoms with Crippen molar-refractivity contribution in [3.63, 3.8) is 0 Å². The molecule has 0 radical (unpaired) electrons. The molecule has 2 fully saturated rings. The van der Waals surface area contributed by atoms with Crippen LogP contribution in [0.15, 0.2) is 42.5 Å². The van der Waals surface area contributed by atoms with Crippen LogP contribution in [0.4, 0.5) is 26.2 Å². The van der Waals surface area contributed by atoms with Crippen LogP contribution >= 0.6 is 12.2 Å². The molecule has 4 rings (SSSR count). The second kappa shape index (κ2) is 14.1. The number of carbonyl (C=O) groups is 4. The summed E-state index contributed by atoms with van der Waals surface area (Å²) >= 11 is 5.14. The van der Waals surface area contributed by atoms with Gasteiger partial charge in [-0.05, 0) is 48.9 Å². The molecule has 224 valence electrons. The fourth-order valence-electron chi connectivity index (χ4n) is 4.55. The number of nitrogens with zero attached hydrogens (tertiary/aromatic N) is 3. The van der Waals surface area contributed by atoms with E-state index in [1.165, 1.54) is 23.1 Å². The lowest BCUT2D eigenvalue weighted by Gasteiger charge is -2.36. The Kier molecular flexibility index (Phi) is 10.3. The van der Waals surface area contributed by atoms with Crippen LogP contribution in [0.5, 0.6) is 0 Å². The molecular formula is C29H34FN5O6S. The normalized spacial score (nSPS) is 16.6. The molecule has 2 N–H and O–H groups in total. The molecule has 2 heterocycles. The van der Waals surface area contributed by atoms with Crippen molar-refractivity contribution in [1.82, 2.24) is 10.2 Å². The highest BCUT2D eigenvalue weighted by Crippen LogP contribution is 2.28. The van der Waals surface area contributed by atoms with Crippen molar-refractivity contribution in [3.8, 4) is 0 Å². The smallest absolute Gasteiger partial charge is 0.414 e. The lowest BCUT2D eigenvalue weighted by atomic mass is 10.2. The molecule has 13 heteroatoms. The number of cyclic esters (lactones) is 1. The fourth-order valence-corrected chi connectivity index (χ4v) is 4.63. The quantitative estimate of drug-likeness (QED) is 0.313. The van der Waals surface area contributed by atoms with Gasteiger partial charge in [0.05, 0.1) is 35.0 Å². The largest absolute Gasteiger partial charge is 0.452 e. The minimum atomic E-state index is -0.647. The standard InChI is InChI=1S/C29H34FN5O6S/c1-3-25(36)32-20-7-5-19(6-8-20)28(38)40-18-27(37)34-13-11-33(12-14-34)24-10-9-21(15-23(24)30)35-17-22(41-29(35)39)16-31-26(42)4-2/h5-10,15,22H,3-4,11-14,16-18H2,1-2H3,(H,31,42)(H,32,36). The summed E-state index contributed by atoms with van der Waals surface area (Å²) in [6.45, 7) is 5.37. The Morgan fingerprint density at radius 2 is 1.76 bits per heavy atom. The van der Waals surface area contributed by atoms with Gasteiger partial charge in [-0.3, -0.25) is 14.5 Å². The molecule has 0 aromatic heterocycles. The van der Waals surface area contributed by atoms with Gasteiger partial charge >= 0.3 is 12.1 Å². The van der Waals surface area contributed by atoms with E-state index in [1.807, 2.05) is 11.8 Å². The molecule has 3 amide bonds. The number of thiocarbonyl (C=S) groups is 1. The predicted molar refractivity (Wildman–Crippen MR) is 159 cm³/mol. The summed E-state index contributed by atoms with van der Waals surface area (Å²) < 4.78 is 25.7. The second-order valence-electron chi connectivity index (χ2n) is 9.83. The summed E-state index contributed by atoms with van der Waals surface area (Å²) in [4.78, 5) is 54.3. The molecule has 0 saturated carbocycles. The molecule has 2 aromatic rings. The van der Waals surface area contributed by atoms with Crippen molar-refractivity contribution >= 4 is 58.1 Å². The van der Waals surface area contributed by atoms with Gasteiger partial charge in [0.1, 0.15) is 11.9 Å². The molecule has 11 nitrogen and oxygen atoms in total. The average Bonchev–Trinajstić information content (AvgIpc) is 3.38. The molecule has 1 unspecified atom stereocenters. The summed E-state index contributed by atoms with van der Waals surface area (Å²) in [5.74, 6) is -1.61. The Bertz CT molecular complexity index is 1330. The van der Waals surface area contributed by atoms with Crippen molar-refractivity contribution in [2.45, 2.75) is 32.8 Å². The Labute approximate surface area is 248 Å². The maximum Gasteiger partial charge on any atom is 0.414 e. The first-order valence-corrected chi connectivity index (χ1v) is 14.2. The third-order valence-corrected chi connectivity index (χ3v) is 7.42. The van der Waals surface area contributed by atoms with Gasteiger partial charge in [0.25, 0.3) is 5.91 Å². The number of carbonyl (C=O) groups excluding carboxylic acids is 4. The van der Waals surface area contributed by atoms with Crippen LogP contribution in [-0.4, -0.2) is 85.7 Å². The first-order valence-electron chi connectivity index (χ1n) is 13.8. The second-order valence-corrected chi connectivity index (χ2v) is 10.3. The SMILES string of the molecule is CCC(=O)Nc1ccc(C(=O)OCC(=O)N2CCN(c3ccc(N4CC(CNC(=S)CC)OC4=O)cc3F)CC2)cc1. The van der Waals surface area contributed by atoms with E-state index in [9.17, 15) is 19.2 Å². The van der Waals surface area contributed by atoms with Gasteiger partial charge < -0.3 is 29.9 Å². The zero-order valence-electron chi connectivity index (χ0n) is 23.6. The van der Waals surface area contributed by atoms with Crippen LogP contribution < -0.4 is 20.4 Å². The zero-order chi connectivity index (χ0) is 30.2. The van der Waals surface area contributed by atoms with Crippen LogP contribution in [0, 0.1) is 5.82 Å². The topological polar surface area (TPSA) is 121 Å². The number of rotatable bonds is 10. The summed E-state index contributed by atoms with van der Waals surface area (Å²) in [7, 11) is 0. The van der Waals surface area contributed by atoms with Crippen LogP contribution in [0.3, 0.4) is 0 Å². The number of esters is 1. The number of amides is 3. The number of nitrogens with one attached hydrogen (secondary N) is 2. The Balaban J connectivity index is 1.24. The lowest BCUT2D eigenvalue weighted by Crippen LogP contribution is -2.50. The fraction of sp³-hybridized carbons (Fsp3) is 0.414. The molecule has 0 aliphatic carbocycles. The highest BCUT2D eigenvalue weighted by atomic mass is 32.1. The summed E-state index contributed by atoms with van der Waals surface area (Å²) in [5.41, 5.74) is 1.59. The van der Waals surface area contributed by atoms with Crippen molar-refractivity contribution in [2.24, 2.45) is 0 Å². The maximum absolute atomic E-state index is 15.1. The average molecular weight is 600 g/mol. The summed E-state index contributed by atoms with van der Waals surface area (Å²) in [6.07, 6.45) is 0.101. The Morgan fingerprint density at radius 1 is 1.05 bits per heavy atom. The minimum absolute atomic E-state index is 0.139. The van der Waals surface area contributed by atoms with E-state index in [0.717, 1.165) is 0 Å². The number of hydrogen-bond acceptors (Lipinski definition) is 8. The van der Waals surface area contributed by atoms with E-state index in [0.29, 0.717) is 67.6 Å². The highest BCUT2D eigenvalue weighted by molar-refractivity contribution is 7.80. The van der Waals surface area contributed by atoms with Crippen LogP contribution in [0.1, 0.15) is 37.0 Å². The van der Waals surface area contributed by atoms with Crippen molar-refractivity contribution in [2.75, 3.05) is 61.0 Å². The monoisotopic (exact) mass is 599 g/mol. The number of halogens is 1. The molecule has 2 aliphatic heterocycles. The molecule has 2 aromatic carbocycles. The molecular weight excluding hydrogens is 565 g/mol. The number of piperazine rings is 1.